The lowest BCUT2D eigenvalue weighted by molar-refractivity contribution is 0.0969. The zero-order chi connectivity index (χ0) is 11.5. The molecule has 0 radical (unpaired) electrons. The van der Waals surface area contributed by atoms with Crippen molar-refractivity contribution in [3.05, 3.63) is 36.2 Å². The molecule has 2 rings (SSSR count). The molecule has 5 nitrogen and oxygen atoms in total. The molecule has 0 aromatic carbocycles. The van der Waals surface area contributed by atoms with Gasteiger partial charge in [0.2, 0.25) is 0 Å². The molecule has 0 saturated heterocycles. The van der Waals surface area contributed by atoms with Crippen LogP contribution in [0.25, 0.3) is 0 Å². The maximum atomic E-state index is 11.8. The predicted octanol–water partition coefficient (Wildman–Crippen LogP) is 0.969. The molecule has 0 bridgehead atoms. The number of aromatic nitrogens is 4. The number of Topliss-reactive ketones (excluding diaryl/α,β-unsaturated/α-hetero) is 1. The zero-order valence-electron chi connectivity index (χ0n) is 9.42. The van der Waals surface area contributed by atoms with E-state index in [1.165, 1.54) is 0 Å². The summed E-state index contributed by atoms with van der Waals surface area (Å²) in [6.07, 6.45) is 6.31. The minimum absolute atomic E-state index is 0.0636. The molecule has 2 heterocycles. The first kappa shape index (κ1) is 10.6. The zero-order valence-corrected chi connectivity index (χ0v) is 9.42. The van der Waals surface area contributed by atoms with Crippen LogP contribution >= 0.6 is 0 Å². The Labute approximate surface area is 93.7 Å². The van der Waals surface area contributed by atoms with E-state index in [0.717, 1.165) is 5.69 Å². The van der Waals surface area contributed by atoms with Crippen LogP contribution in [-0.4, -0.2) is 25.1 Å². The monoisotopic (exact) mass is 218 g/mol. The Morgan fingerprint density at radius 1 is 1.38 bits per heavy atom. The number of imidazole rings is 1. The second kappa shape index (κ2) is 4.30. The summed E-state index contributed by atoms with van der Waals surface area (Å²) < 4.78 is 3.53. The number of ketones is 1. The molecule has 0 spiro atoms. The molecule has 0 aliphatic heterocycles. The van der Waals surface area contributed by atoms with Crippen LogP contribution in [0.3, 0.4) is 0 Å². The van der Waals surface area contributed by atoms with Crippen molar-refractivity contribution >= 4 is 5.78 Å². The Morgan fingerprint density at radius 2 is 2.19 bits per heavy atom. The third kappa shape index (κ3) is 2.03. The second-order valence-corrected chi connectivity index (χ2v) is 3.73. The molecule has 2 aromatic heterocycles. The van der Waals surface area contributed by atoms with Crippen LogP contribution < -0.4 is 0 Å². The van der Waals surface area contributed by atoms with Gasteiger partial charge in [0, 0.05) is 44.8 Å². The van der Waals surface area contributed by atoms with Gasteiger partial charge in [-0.25, -0.2) is 4.98 Å². The molecule has 0 saturated carbocycles. The van der Waals surface area contributed by atoms with E-state index in [0.29, 0.717) is 18.7 Å². The number of hydrogen-bond acceptors (Lipinski definition) is 3. The molecule has 0 aliphatic rings. The summed E-state index contributed by atoms with van der Waals surface area (Å²) in [5.74, 6) is 0.580. The van der Waals surface area contributed by atoms with E-state index in [1.54, 1.807) is 27.8 Å². The number of rotatable bonds is 4. The van der Waals surface area contributed by atoms with Crippen molar-refractivity contribution in [3.8, 4) is 0 Å². The van der Waals surface area contributed by atoms with Gasteiger partial charge in [-0.15, -0.1) is 0 Å². The fourth-order valence-electron chi connectivity index (χ4n) is 1.63. The van der Waals surface area contributed by atoms with E-state index < -0.39 is 0 Å². The van der Waals surface area contributed by atoms with Crippen LogP contribution in [-0.2, 0) is 20.5 Å². The maximum absolute atomic E-state index is 11.8. The Morgan fingerprint density at radius 3 is 2.75 bits per heavy atom. The number of hydrogen-bond donors (Lipinski definition) is 0. The van der Waals surface area contributed by atoms with E-state index in [1.807, 2.05) is 20.2 Å². The lowest BCUT2D eigenvalue weighted by Crippen LogP contribution is -2.09. The first-order valence-corrected chi connectivity index (χ1v) is 5.16. The molecule has 16 heavy (non-hydrogen) atoms. The summed E-state index contributed by atoms with van der Waals surface area (Å²) in [6, 6.07) is 1.92. The highest BCUT2D eigenvalue weighted by molar-refractivity contribution is 5.92. The Bertz CT molecular complexity index is 498. The van der Waals surface area contributed by atoms with Crippen LogP contribution in [0.5, 0.6) is 0 Å². The Hall–Kier alpha value is -1.91. The molecular weight excluding hydrogens is 204 g/mol. The molecule has 0 atom stereocenters. The molecule has 2 aromatic rings. The highest BCUT2D eigenvalue weighted by Gasteiger charge is 2.11. The molecule has 0 fully saturated rings. The molecule has 0 amide bonds. The van der Waals surface area contributed by atoms with Crippen molar-refractivity contribution in [2.24, 2.45) is 14.1 Å². The summed E-state index contributed by atoms with van der Waals surface area (Å²) in [4.78, 5) is 15.8. The lowest BCUT2D eigenvalue weighted by Gasteiger charge is -2.02. The largest absolute Gasteiger partial charge is 0.332 e. The van der Waals surface area contributed by atoms with Crippen molar-refractivity contribution in [3.63, 3.8) is 0 Å². The highest BCUT2D eigenvalue weighted by Crippen LogP contribution is 2.05. The number of carbonyl (C=O) groups excluding carboxylic acids is 1. The van der Waals surface area contributed by atoms with Crippen LogP contribution in [0.4, 0.5) is 0 Å². The molecule has 0 unspecified atom stereocenters. The van der Waals surface area contributed by atoms with Crippen molar-refractivity contribution in [1.29, 1.82) is 0 Å². The third-order valence-electron chi connectivity index (χ3n) is 2.60. The summed E-state index contributed by atoms with van der Waals surface area (Å²) >= 11 is 0. The standard InChI is InChI=1S/C11H14N4O/c1-14-8-7-12-11(14)10(16)4-3-9-5-6-13-15(9)2/h5-8H,3-4H2,1-2H3. The van der Waals surface area contributed by atoms with Gasteiger partial charge >= 0.3 is 0 Å². The van der Waals surface area contributed by atoms with Gasteiger partial charge in [0.05, 0.1) is 0 Å². The van der Waals surface area contributed by atoms with Gasteiger partial charge in [-0.2, -0.15) is 5.10 Å². The Balaban J connectivity index is 1.99. The van der Waals surface area contributed by atoms with Crippen LogP contribution in [0.15, 0.2) is 24.7 Å². The van der Waals surface area contributed by atoms with Crippen molar-refractivity contribution < 1.29 is 4.79 Å². The van der Waals surface area contributed by atoms with E-state index in [-0.39, 0.29) is 5.78 Å². The minimum atomic E-state index is 0.0636. The van der Waals surface area contributed by atoms with Crippen molar-refractivity contribution in [1.82, 2.24) is 19.3 Å². The van der Waals surface area contributed by atoms with E-state index in [2.05, 4.69) is 10.1 Å². The molecule has 0 N–H and O–H groups in total. The van der Waals surface area contributed by atoms with Crippen molar-refractivity contribution in [2.45, 2.75) is 12.8 Å². The average molecular weight is 218 g/mol. The first-order chi connectivity index (χ1) is 7.68. The second-order valence-electron chi connectivity index (χ2n) is 3.73. The van der Waals surface area contributed by atoms with E-state index >= 15 is 0 Å². The summed E-state index contributed by atoms with van der Waals surface area (Å²) in [6.45, 7) is 0. The molecule has 5 heteroatoms. The quantitative estimate of drug-likeness (QED) is 0.718. The third-order valence-corrected chi connectivity index (χ3v) is 2.60. The van der Waals surface area contributed by atoms with E-state index in [4.69, 9.17) is 0 Å². The van der Waals surface area contributed by atoms with E-state index in [9.17, 15) is 4.79 Å². The smallest absolute Gasteiger partial charge is 0.198 e. The first-order valence-electron chi connectivity index (χ1n) is 5.16. The van der Waals surface area contributed by atoms with Gasteiger partial charge in [-0.1, -0.05) is 0 Å². The van der Waals surface area contributed by atoms with Gasteiger partial charge in [0.1, 0.15) is 0 Å². The van der Waals surface area contributed by atoms with Gasteiger partial charge in [-0.05, 0) is 12.5 Å². The molecule has 0 aliphatic carbocycles. The van der Waals surface area contributed by atoms with Crippen LogP contribution in [0.1, 0.15) is 22.7 Å². The van der Waals surface area contributed by atoms with Crippen molar-refractivity contribution in [2.75, 3.05) is 0 Å². The number of aryl methyl sites for hydroxylation is 3. The molecule has 84 valence electrons. The summed E-state index contributed by atoms with van der Waals surface area (Å²) in [7, 11) is 3.70. The van der Waals surface area contributed by atoms with Gasteiger partial charge in [-0.3, -0.25) is 9.48 Å². The number of nitrogens with zero attached hydrogens (tertiary/aromatic N) is 4. The van der Waals surface area contributed by atoms with Gasteiger partial charge < -0.3 is 4.57 Å². The predicted molar refractivity (Wildman–Crippen MR) is 59.1 cm³/mol. The number of carbonyl (C=O) groups is 1. The summed E-state index contributed by atoms with van der Waals surface area (Å²) in [5.41, 5.74) is 1.06. The van der Waals surface area contributed by atoms with Gasteiger partial charge in [0.25, 0.3) is 0 Å². The normalized spacial score (nSPS) is 10.6. The Kier molecular flexibility index (Phi) is 2.85. The van der Waals surface area contributed by atoms with Gasteiger partial charge in [0.15, 0.2) is 11.6 Å². The fraction of sp³-hybridized carbons (Fsp3) is 0.364. The SMILES string of the molecule is Cn1ccnc1C(=O)CCc1ccnn1C. The fourth-order valence-corrected chi connectivity index (χ4v) is 1.63. The lowest BCUT2D eigenvalue weighted by atomic mass is 10.1. The molecular formula is C11H14N4O. The summed E-state index contributed by atoms with van der Waals surface area (Å²) in [5, 5.41) is 4.06. The van der Waals surface area contributed by atoms with Crippen LogP contribution in [0.2, 0.25) is 0 Å². The van der Waals surface area contributed by atoms with Crippen LogP contribution in [0, 0.1) is 0 Å². The highest BCUT2D eigenvalue weighted by atomic mass is 16.1. The minimum Gasteiger partial charge on any atom is -0.332 e. The topological polar surface area (TPSA) is 52.7 Å². The average Bonchev–Trinajstić information content (AvgIpc) is 2.84. The maximum Gasteiger partial charge on any atom is 0.198 e.